The molecular formula is C18H23N3O6S2. The summed E-state index contributed by atoms with van der Waals surface area (Å²) in [6, 6.07) is 9.35. The summed E-state index contributed by atoms with van der Waals surface area (Å²) < 4.78 is 57.4. The van der Waals surface area contributed by atoms with Crippen LogP contribution in [0.4, 0.5) is 11.4 Å². The number of aryl methyl sites for hydroxylation is 1. The second-order valence-electron chi connectivity index (χ2n) is 6.41. The molecule has 0 fully saturated rings. The number of nitrogens with one attached hydrogen (secondary N) is 3. The van der Waals surface area contributed by atoms with Gasteiger partial charge < -0.3 is 10.1 Å². The molecule has 0 aliphatic carbocycles. The maximum absolute atomic E-state index is 12.4. The molecule has 2 rings (SSSR count). The minimum absolute atomic E-state index is 0.00655. The quantitative estimate of drug-likeness (QED) is 0.571. The summed E-state index contributed by atoms with van der Waals surface area (Å²) in [6.07, 6.45) is 1.02. The van der Waals surface area contributed by atoms with Gasteiger partial charge in [-0.25, -0.2) is 16.8 Å². The van der Waals surface area contributed by atoms with Crippen LogP contribution in [0.1, 0.15) is 12.5 Å². The predicted molar refractivity (Wildman–Crippen MR) is 111 cm³/mol. The van der Waals surface area contributed by atoms with Crippen LogP contribution in [0.5, 0.6) is 5.75 Å². The van der Waals surface area contributed by atoms with E-state index >= 15 is 0 Å². The van der Waals surface area contributed by atoms with Crippen molar-refractivity contribution in [1.29, 1.82) is 0 Å². The lowest BCUT2D eigenvalue weighted by Gasteiger charge is -2.16. The lowest BCUT2D eigenvalue weighted by atomic mass is 10.2. The topological polar surface area (TPSA) is 131 Å². The number of amides is 1. The van der Waals surface area contributed by atoms with Crippen molar-refractivity contribution in [3.05, 3.63) is 48.0 Å². The molecule has 3 N–H and O–H groups in total. The lowest BCUT2D eigenvalue weighted by molar-refractivity contribution is -0.117. The molecule has 0 aromatic heterocycles. The van der Waals surface area contributed by atoms with Crippen molar-refractivity contribution in [2.24, 2.45) is 0 Å². The molecule has 9 nitrogen and oxygen atoms in total. The highest BCUT2D eigenvalue weighted by Gasteiger charge is 2.22. The third-order valence-electron chi connectivity index (χ3n) is 3.90. The summed E-state index contributed by atoms with van der Waals surface area (Å²) in [6.45, 7) is 3.12. The Morgan fingerprint density at radius 3 is 2.21 bits per heavy atom. The molecule has 0 aliphatic heterocycles. The molecule has 0 unspecified atom stereocenters. The maximum atomic E-state index is 12.4. The Morgan fingerprint density at radius 1 is 1.03 bits per heavy atom. The van der Waals surface area contributed by atoms with Crippen LogP contribution in [0.2, 0.25) is 0 Å². The van der Waals surface area contributed by atoms with Crippen LogP contribution in [0, 0.1) is 6.92 Å². The Balaban J connectivity index is 2.11. The highest BCUT2D eigenvalue weighted by Crippen LogP contribution is 2.21. The minimum atomic E-state index is -3.92. The van der Waals surface area contributed by atoms with E-state index < -0.39 is 32.0 Å². The second-order valence-corrected chi connectivity index (χ2v) is 9.87. The Labute approximate surface area is 170 Å². The third kappa shape index (κ3) is 6.44. The second kappa shape index (κ2) is 8.80. The molecular weight excluding hydrogens is 418 g/mol. The van der Waals surface area contributed by atoms with Gasteiger partial charge in [-0.2, -0.15) is 4.72 Å². The fourth-order valence-electron chi connectivity index (χ4n) is 2.37. The number of hydrogen-bond donors (Lipinski definition) is 3. The molecule has 2 aromatic carbocycles. The van der Waals surface area contributed by atoms with E-state index in [-0.39, 0.29) is 4.90 Å². The number of anilines is 2. The van der Waals surface area contributed by atoms with Crippen molar-refractivity contribution in [2.45, 2.75) is 24.8 Å². The molecule has 0 radical (unpaired) electrons. The molecule has 158 valence electrons. The molecule has 0 aliphatic rings. The van der Waals surface area contributed by atoms with Gasteiger partial charge >= 0.3 is 0 Å². The van der Waals surface area contributed by atoms with Crippen molar-refractivity contribution < 1.29 is 26.4 Å². The van der Waals surface area contributed by atoms with Gasteiger partial charge in [-0.1, -0.05) is 6.07 Å². The molecule has 2 aromatic rings. The molecule has 1 amide bonds. The molecule has 11 heteroatoms. The van der Waals surface area contributed by atoms with Gasteiger partial charge in [-0.3, -0.25) is 9.52 Å². The smallest absolute Gasteiger partial charge is 0.242 e. The van der Waals surface area contributed by atoms with Crippen molar-refractivity contribution >= 4 is 37.3 Å². The fourth-order valence-corrected chi connectivity index (χ4v) is 4.19. The Kier molecular flexibility index (Phi) is 6.88. The number of sulfonamides is 2. The highest BCUT2D eigenvalue weighted by atomic mass is 32.2. The summed E-state index contributed by atoms with van der Waals surface area (Å²) in [5, 5.41) is 2.57. The van der Waals surface area contributed by atoms with Gasteiger partial charge in [-0.05, 0) is 55.8 Å². The van der Waals surface area contributed by atoms with Gasteiger partial charge in [0.2, 0.25) is 26.0 Å². The van der Waals surface area contributed by atoms with Gasteiger partial charge in [-0.15, -0.1) is 0 Å². The zero-order valence-corrected chi connectivity index (χ0v) is 18.0. The number of hydrogen-bond acceptors (Lipinski definition) is 6. The summed E-state index contributed by atoms with van der Waals surface area (Å²) in [4.78, 5) is 12.4. The first-order valence-electron chi connectivity index (χ1n) is 8.47. The van der Waals surface area contributed by atoms with E-state index in [4.69, 9.17) is 4.74 Å². The number of carbonyl (C=O) groups excluding carboxylic acids is 1. The van der Waals surface area contributed by atoms with Crippen LogP contribution in [-0.2, 0) is 24.8 Å². The molecule has 0 saturated heterocycles. The normalized spacial score (nSPS) is 12.8. The van der Waals surface area contributed by atoms with Crippen LogP contribution in [0.3, 0.4) is 0 Å². The predicted octanol–water partition coefficient (Wildman–Crippen LogP) is 1.68. The minimum Gasteiger partial charge on any atom is -0.497 e. The van der Waals surface area contributed by atoms with Crippen LogP contribution in [0.15, 0.2) is 47.4 Å². The maximum Gasteiger partial charge on any atom is 0.242 e. The van der Waals surface area contributed by atoms with Crippen LogP contribution in [-0.4, -0.2) is 42.2 Å². The monoisotopic (exact) mass is 441 g/mol. The molecule has 29 heavy (non-hydrogen) atoms. The van der Waals surface area contributed by atoms with E-state index in [0.29, 0.717) is 22.7 Å². The fraction of sp³-hybridized carbons (Fsp3) is 0.278. The number of benzene rings is 2. The number of ether oxygens (including phenoxy) is 1. The van der Waals surface area contributed by atoms with E-state index in [9.17, 15) is 21.6 Å². The molecule has 0 heterocycles. The summed E-state index contributed by atoms with van der Waals surface area (Å²) >= 11 is 0. The SMILES string of the molecule is COc1ccc(S(=O)(=O)N[C@@H](C)C(=O)Nc2ccc(C)c(NS(C)(=O)=O)c2)cc1. The average Bonchev–Trinajstić information content (AvgIpc) is 2.63. The average molecular weight is 442 g/mol. The largest absolute Gasteiger partial charge is 0.497 e. The van der Waals surface area contributed by atoms with E-state index in [2.05, 4.69) is 14.8 Å². The van der Waals surface area contributed by atoms with E-state index in [1.54, 1.807) is 19.1 Å². The van der Waals surface area contributed by atoms with Crippen LogP contribution < -0.4 is 19.5 Å². The Hall–Kier alpha value is -2.63. The van der Waals surface area contributed by atoms with Gasteiger partial charge in [0.25, 0.3) is 0 Å². The highest BCUT2D eigenvalue weighted by molar-refractivity contribution is 7.92. The Morgan fingerprint density at radius 2 is 1.66 bits per heavy atom. The van der Waals surface area contributed by atoms with Crippen molar-refractivity contribution in [3.63, 3.8) is 0 Å². The summed E-state index contributed by atoms with van der Waals surface area (Å²) in [5.41, 5.74) is 1.31. The van der Waals surface area contributed by atoms with Crippen LogP contribution in [0.25, 0.3) is 0 Å². The van der Waals surface area contributed by atoms with Crippen molar-refractivity contribution in [3.8, 4) is 5.75 Å². The van der Waals surface area contributed by atoms with E-state index in [0.717, 1.165) is 6.26 Å². The van der Waals surface area contributed by atoms with Crippen LogP contribution >= 0.6 is 0 Å². The van der Waals surface area contributed by atoms with Gasteiger partial charge in [0.15, 0.2) is 0 Å². The summed E-state index contributed by atoms with van der Waals surface area (Å²) in [5.74, 6) is -0.0936. The number of carbonyl (C=O) groups is 1. The first-order valence-corrected chi connectivity index (χ1v) is 11.8. The molecule has 1 atom stereocenters. The summed E-state index contributed by atoms with van der Waals surface area (Å²) in [7, 11) is -5.93. The van der Waals surface area contributed by atoms with Crippen molar-refractivity contribution in [2.75, 3.05) is 23.4 Å². The number of rotatable bonds is 8. The molecule has 0 saturated carbocycles. The van der Waals surface area contributed by atoms with Gasteiger partial charge in [0.1, 0.15) is 5.75 Å². The lowest BCUT2D eigenvalue weighted by Crippen LogP contribution is -2.41. The zero-order chi connectivity index (χ0) is 21.8. The van der Waals surface area contributed by atoms with E-state index in [1.165, 1.54) is 44.4 Å². The Bertz CT molecular complexity index is 1100. The number of methoxy groups -OCH3 is 1. The first kappa shape index (κ1) is 22.7. The first-order chi connectivity index (χ1) is 13.4. The molecule has 0 spiro atoms. The third-order valence-corrected chi connectivity index (χ3v) is 6.04. The van der Waals surface area contributed by atoms with E-state index in [1.807, 2.05) is 0 Å². The molecule has 0 bridgehead atoms. The van der Waals surface area contributed by atoms with Gasteiger partial charge in [0, 0.05) is 5.69 Å². The zero-order valence-electron chi connectivity index (χ0n) is 16.4. The van der Waals surface area contributed by atoms with Crippen molar-refractivity contribution in [1.82, 2.24) is 4.72 Å². The van der Waals surface area contributed by atoms with Gasteiger partial charge in [0.05, 0.1) is 30.0 Å². The standard InChI is InChI=1S/C18H23N3O6S2/c1-12-5-6-14(11-17(12)21-28(4,23)24)19-18(22)13(2)20-29(25,26)16-9-7-15(27-3)8-10-16/h5-11,13,20-21H,1-4H3,(H,19,22)/t13-/m0/s1.